The fraction of sp³-hybridized carbons (Fsp3) is 0.435. The number of likely N-dealkylation sites (tertiary alicyclic amines) is 1. The van der Waals surface area contributed by atoms with E-state index in [9.17, 15) is 9.59 Å². The van der Waals surface area contributed by atoms with Gasteiger partial charge in [0, 0.05) is 24.8 Å². The predicted molar refractivity (Wildman–Crippen MR) is 113 cm³/mol. The van der Waals surface area contributed by atoms with Gasteiger partial charge in [-0.25, -0.2) is 4.98 Å². The third-order valence-corrected chi connectivity index (χ3v) is 4.99. The Balaban J connectivity index is 1.64. The Morgan fingerprint density at radius 3 is 2.86 bits per heavy atom. The fourth-order valence-corrected chi connectivity index (χ4v) is 3.38. The number of hydrogen-bond acceptors (Lipinski definition) is 4. The van der Waals surface area contributed by atoms with Crippen LogP contribution in [0.5, 0.6) is 5.75 Å². The van der Waals surface area contributed by atoms with Gasteiger partial charge in [0.05, 0.1) is 12.5 Å². The number of carbonyl (C=O) groups is 2. The van der Waals surface area contributed by atoms with Crippen molar-refractivity contribution >= 4 is 17.6 Å². The molecule has 1 aromatic heterocycles. The predicted octanol–water partition coefficient (Wildman–Crippen LogP) is 3.92. The molecule has 0 saturated carbocycles. The lowest BCUT2D eigenvalue weighted by Gasteiger charge is -2.32. The number of piperidine rings is 1. The van der Waals surface area contributed by atoms with Crippen LogP contribution in [0.2, 0.25) is 0 Å². The highest BCUT2D eigenvalue weighted by Crippen LogP contribution is 2.22. The summed E-state index contributed by atoms with van der Waals surface area (Å²) in [5.74, 6) is 1.30. The molecule has 1 aliphatic heterocycles. The van der Waals surface area contributed by atoms with Gasteiger partial charge in [-0.15, -0.1) is 0 Å². The van der Waals surface area contributed by atoms with Crippen molar-refractivity contribution in [3.8, 4) is 5.75 Å². The van der Waals surface area contributed by atoms with E-state index in [4.69, 9.17) is 4.74 Å². The number of rotatable bonds is 6. The van der Waals surface area contributed by atoms with E-state index >= 15 is 0 Å². The molecule has 0 radical (unpaired) electrons. The standard InChI is InChI=1S/C23H29N3O3/c1-16(2)15-29-20-10-4-8-18(13-20)23(28)26-12-6-9-19(14-26)22(27)25-21-17(3)7-5-11-24-21/h4-5,7-8,10-11,13,16,19H,6,9,12,14-15H2,1-3H3,(H,24,25,27). The van der Waals surface area contributed by atoms with Gasteiger partial charge >= 0.3 is 0 Å². The maximum Gasteiger partial charge on any atom is 0.254 e. The molecule has 1 saturated heterocycles. The van der Waals surface area contributed by atoms with Gasteiger partial charge in [0.2, 0.25) is 5.91 Å². The highest BCUT2D eigenvalue weighted by molar-refractivity contribution is 5.96. The first kappa shape index (κ1) is 20.8. The van der Waals surface area contributed by atoms with Crippen molar-refractivity contribution in [1.29, 1.82) is 0 Å². The third kappa shape index (κ3) is 5.56. The average molecular weight is 396 g/mol. The Labute approximate surface area is 172 Å². The molecule has 2 aromatic rings. The highest BCUT2D eigenvalue weighted by atomic mass is 16.5. The summed E-state index contributed by atoms with van der Waals surface area (Å²) in [6.07, 6.45) is 3.22. The molecular formula is C23H29N3O3. The van der Waals surface area contributed by atoms with Gasteiger partial charge in [0.25, 0.3) is 5.91 Å². The van der Waals surface area contributed by atoms with Crippen molar-refractivity contribution < 1.29 is 14.3 Å². The fourth-order valence-electron chi connectivity index (χ4n) is 3.38. The number of nitrogens with zero attached hydrogens (tertiary/aromatic N) is 2. The molecule has 1 N–H and O–H groups in total. The number of benzene rings is 1. The normalized spacial score (nSPS) is 16.6. The van der Waals surface area contributed by atoms with Crippen LogP contribution in [-0.4, -0.2) is 41.4 Å². The van der Waals surface area contributed by atoms with E-state index < -0.39 is 0 Å². The van der Waals surface area contributed by atoms with Gasteiger partial charge < -0.3 is 15.0 Å². The summed E-state index contributed by atoms with van der Waals surface area (Å²) in [4.78, 5) is 31.7. The van der Waals surface area contributed by atoms with Gasteiger partial charge in [-0.2, -0.15) is 0 Å². The molecule has 2 amide bonds. The molecule has 0 aliphatic carbocycles. The van der Waals surface area contributed by atoms with E-state index in [0.29, 0.717) is 42.7 Å². The number of aryl methyl sites for hydroxylation is 1. The van der Waals surface area contributed by atoms with Gasteiger partial charge in [0.15, 0.2) is 0 Å². The number of ether oxygens (including phenoxy) is 1. The molecule has 3 rings (SSSR count). The Bertz CT molecular complexity index is 866. The van der Waals surface area contributed by atoms with Crippen molar-refractivity contribution in [1.82, 2.24) is 9.88 Å². The minimum atomic E-state index is -0.241. The summed E-state index contributed by atoms with van der Waals surface area (Å²) >= 11 is 0. The van der Waals surface area contributed by atoms with Gasteiger partial charge in [0.1, 0.15) is 11.6 Å². The van der Waals surface area contributed by atoms with Crippen LogP contribution in [0.3, 0.4) is 0 Å². The third-order valence-electron chi connectivity index (χ3n) is 4.99. The second-order valence-electron chi connectivity index (χ2n) is 7.98. The molecule has 1 atom stereocenters. The molecule has 0 bridgehead atoms. The van der Waals surface area contributed by atoms with Gasteiger partial charge in [-0.05, 0) is 55.5 Å². The monoisotopic (exact) mass is 395 g/mol. The zero-order valence-corrected chi connectivity index (χ0v) is 17.4. The number of carbonyl (C=O) groups excluding carboxylic acids is 2. The van der Waals surface area contributed by atoms with E-state index in [-0.39, 0.29) is 17.7 Å². The van der Waals surface area contributed by atoms with E-state index in [1.165, 1.54) is 0 Å². The summed E-state index contributed by atoms with van der Waals surface area (Å²) in [5, 5.41) is 2.91. The highest BCUT2D eigenvalue weighted by Gasteiger charge is 2.29. The minimum absolute atomic E-state index is 0.0634. The second kappa shape index (κ2) is 9.54. The van der Waals surface area contributed by atoms with Gasteiger partial charge in [-0.3, -0.25) is 9.59 Å². The number of anilines is 1. The quantitative estimate of drug-likeness (QED) is 0.805. The van der Waals surface area contributed by atoms with Crippen molar-refractivity contribution in [2.24, 2.45) is 11.8 Å². The SMILES string of the molecule is Cc1cccnc1NC(=O)C1CCCN(C(=O)c2cccc(OCC(C)C)c2)C1. The Kier molecular flexibility index (Phi) is 6.86. The van der Waals surface area contributed by atoms with E-state index in [0.717, 1.165) is 18.4 Å². The molecule has 29 heavy (non-hydrogen) atoms. The molecule has 0 spiro atoms. The largest absolute Gasteiger partial charge is 0.493 e. The maximum atomic E-state index is 13.0. The summed E-state index contributed by atoms with van der Waals surface area (Å²) in [6.45, 7) is 7.75. The van der Waals surface area contributed by atoms with Crippen molar-refractivity contribution in [2.75, 3.05) is 25.0 Å². The van der Waals surface area contributed by atoms with E-state index in [2.05, 4.69) is 24.1 Å². The molecular weight excluding hydrogens is 366 g/mol. The topological polar surface area (TPSA) is 71.5 Å². The average Bonchev–Trinajstić information content (AvgIpc) is 2.73. The summed E-state index contributed by atoms with van der Waals surface area (Å²) in [5.41, 5.74) is 1.51. The lowest BCUT2D eigenvalue weighted by molar-refractivity contribution is -0.121. The number of aromatic nitrogens is 1. The summed E-state index contributed by atoms with van der Waals surface area (Å²) < 4.78 is 5.74. The van der Waals surface area contributed by atoms with Crippen LogP contribution in [0.4, 0.5) is 5.82 Å². The number of pyridine rings is 1. The molecule has 1 fully saturated rings. The van der Waals surface area contributed by atoms with Crippen molar-refractivity contribution in [3.63, 3.8) is 0 Å². The zero-order chi connectivity index (χ0) is 20.8. The molecule has 6 heteroatoms. The van der Waals surface area contributed by atoms with E-state index in [1.807, 2.05) is 31.2 Å². The Hall–Kier alpha value is -2.89. The Morgan fingerprint density at radius 1 is 1.28 bits per heavy atom. The number of amides is 2. The van der Waals surface area contributed by atoms with Gasteiger partial charge in [-0.1, -0.05) is 26.0 Å². The second-order valence-corrected chi connectivity index (χ2v) is 7.98. The van der Waals surface area contributed by atoms with Crippen LogP contribution in [0, 0.1) is 18.8 Å². The first-order chi connectivity index (χ1) is 13.9. The Morgan fingerprint density at radius 2 is 2.10 bits per heavy atom. The number of hydrogen-bond donors (Lipinski definition) is 1. The molecule has 154 valence electrons. The zero-order valence-electron chi connectivity index (χ0n) is 17.4. The molecule has 1 aliphatic rings. The first-order valence-electron chi connectivity index (χ1n) is 10.2. The van der Waals surface area contributed by atoms with Crippen LogP contribution in [0.15, 0.2) is 42.6 Å². The van der Waals surface area contributed by atoms with Crippen LogP contribution < -0.4 is 10.1 Å². The smallest absolute Gasteiger partial charge is 0.254 e. The molecule has 1 unspecified atom stereocenters. The minimum Gasteiger partial charge on any atom is -0.493 e. The lowest BCUT2D eigenvalue weighted by atomic mass is 9.96. The molecule has 2 heterocycles. The number of nitrogens with one attached hydrogen (secondary N) is 1. The van der Waals surface area contributed by atoms with Crippen molar-refractivity contribution in [3.05, 3.63) is 53.7 Å². The van der Waals surface area contributed by atoms with Crippen LogP contribution in [0.25, 0.3) is 0 Å². The van der Waals surface area contributed by atoms with E-state index in [1.54, 1.807) is 23.2 Å². The van der Waals surface area contributed by atoms with Crippen LogP contribution >= 0.6 is 0 Å². The van der Waals surface area contributed by atoms with Crippen LogP contribution in [0.1, 0.15) is 42.6 Å². The summed E-state index contributed by atoms with van der Waals surface area (Å²) in [7, 11) is 0. The molecule has 1 aromatic carbocycles. The van der Waals surface area contributed by atoms with Crippen LogP contribution in [-0.2, 0) is 4.79 Å². The lowest BCUT2D eigenvalue weighted by Crippen LogP contribution is -2.43. The first-order valence-corrected chi connectivity index (χ1v) is 10.2. The summed E-state index contributed by atoms with van der Waals surface area (Å²) in [6, 6.07) is 11.0. The maximum absolute atomic E-state index is 13.0. The van der Waals surface area contributed by atoms with Crippen molar-refractivity contribution in [2.45, 2.75) is 33.6 Å². The molecule has 6 nitrogen and oxygen atoms in total.